The second kappa shape index (κ2) is 7.76. The van der Waals surface area contributed by atoms with Gasteiger partial charge in [-0.05, 0) is 25.5 Å². The monoisotopic (exact) mass is 360 g/mol. The van der Waals surface area contributed by atoms with Crippen LogP contribution in [0.4, 0.5) is 17.5 Å². The smallest absolute Gasteiger partial charge is 0.228 e. The molecule has 4 rings (SSSR count). The van der Waals surface area contributed by atoms with Crippen LogP contribution in [0, 0.1) is 13.8 Å². The van der Waals surface area contributed by atoms with Crippen molar-refractivity contribution in [3.05, 3.63) is 65.7 Å². The van der Waals surface area contributed by atoms with Gasteiger partial charge in [0.15, 0.2) is 0 Å². The van der Waals surface area contributed by atoms with Crippen molar-refractivity contribution in [3.8, 4) is 11.3 Å². The zero-order valence-electron chi connectivity index (χ0n) is 15.8. The van der Waals surface area contributed by atoms with Crippen LogP contribution in [0.1, 0.15) is 11.1 Å². The van der Waals surface area contributed by atoms with Crippen LogP contribution in [0.25, 0.3) is 11.3 Å². The Labute approximate surface area is 160 Å². The summed E-state index contributed by atoms with van der Waals surface area (Å²) in [7, 11) is 0. The van der Waals surface area contributed by atoms with Crippen LogP contribution in [0.3, 0.4) is 0 Å². The predicted octanol–water partition coefficient (Wildman–Crippen LogP) is 4.34. The lowest BCUT2D eigenvalue weighted by atomic mass is 10.1. The summed E-state index contributed by atoms with van der Waals surface area (Å²) in [6, 6.07) is 18.6. The van der Waals surface area contributed by atoms with Gasteiger partial charge >= 0.3 is 0 Å². The lowest BCUT2D eigenvalue weighted by Gasteiger charge is -2.27. The van der Waals surface area contributed by atoms with E-state index in [1.54, 1.807) is 0 Å². The zero-order chi connectivity index (χ0) is 18.6. The fourth-order valence-electron chi connectivity index (χ4n) is 3.25. The number of nitrogens with zero attached hydrogens (tertiary/aromatic N) is 3. The Morgan fingerprint density at radius 2 is 1.70 bits per heavy atom. The van der Waals surface area contributed by atoms with Crippen LogP contribution >= 0.6 is 0 Å². The summed E-state index contributed by atoms with van der Waals surface area (Å²) < 4.78 is 5.48. The Morgan fingerprint density at radius 1 is 0.926 bits per heavy atom. The third-order valence-electron chi connectivity index (χ3n) is 4.72. The van der Waals surface area contributed by atoms with Crippen molar-refractivity contribution in [1.82, 2.24) is 9.97 Å². The van der Waals surface area contributed by atoms with Gasteiger partial charge in [0.1, 0.15) is 5.82 Å². The van der Waals surface area contributed by atoms with Gasteiger partial charge in [-0.15, -0.1) is 0 Å². The van der Waals surface area contributed by atoms with E-state index in [2.05, 4.69) is 54.4 Å². The molecule has 0 spiro atoms. The average Bonchev–Trinajstić information content (AvgIpc) is 2.71. The molecule has 2 aromatic carbocycles. The highest BCUT2D eigenvalue weighted by atomic mass is 16.5. The molecule has 0 atom stereocenters. The standard InChI is InChI=1S/C22H24N4O/c1-16-8-9-19(17(2)14-16)23-21-15-20(18-6-4-3-5-7-18)24-22(25-21)26-10-12-27-13-11-26/h3-9,14-15H,10-13H2,1-2H3,(H,23,24,25). The molecule has 0 unspecified atom stereocenters. The quantitative estimate of drug-likeness (QED) is 0.750. The van der Waals surface area contributed by atoms with Crippen LogP contribution in [0.5, 0.6) is 0 Å². The van der Waals surface area contributed by atoms with Crippen LogP contribution in [0.15, 0.2) is 54.6 Å². The van der Waals surface area contributed by atoms with Crippen molar-refractivity contribution >= 4 is 17.5 Å². The maximum atomic E-state index is 5.48. The van der Waals surface area contributed by atoms with Gasteiger partial charge in [0, 0.05) is 30.4 Å². The Balaban J connectivity index is 1.73. The largest absolute Gasteiger partial charge is 0.378 e. The number of hydrogen-bond acceptors (Lipinski definition) is 5. The SMILES string of the molecule is Cc1ccc(Nc2cc(-c3ccccc3)nc(N3CCOCC3)n2)c(C)c1. The Bertz CT molecular complexity index is 921. The van der Waals surface area contributed by atoms with Gasteiger partial charge in [-0.1, -0.05) is 48.0 Å². The molecule has 0 amide bonds. The molecular weight excluding hydrogens is 336 g/mol. The number of nitrogens with one attached hydrogen (secondary N) is 1. The van der Waals surface area contributed by atoms with Crippen molar-refractivity contribution < 1.29 is 4.74 Å². The van der Waals surface area contributed by atoms with E-state index in [9.17, 15) is 0 Å². The third-order valence-corrected chi connectivity index (χ3v) is 4.72. The molecule has 0 bridgehead atoms. The highest BCUT2D eigenvalue weighted by Crippen LogP contribution is 2.26. The summed E-state index contributed by atoms with van der Waals surface area (Å²) in [5.41, 5.74) is 5.51. The van der Waals surface area contributed by atoms with E-state index in [0.717, 1.165) is 41.8 Å². The van der Waals surface area contributed by atoms with Crippen LogP contribution < -0.4 is 10.2 Å². The van der Waals surface area contributed by atoms with E-state index in [0.29, 0.717) is 13.2 Å². The van der Waals surface area contributed by atoms with Crippen molar-refractivity contribution in [2.45, 2.75) is 13.8 Å². The lowest BCUT2D eigenvalue weighted by Crippen LogP contribution is -2.37. The van der Waals surface area contributed by atoms with Gasteiger partial charge in [0.2, 0.25) is 5.95 Å². The molecular formula is C22H24N4O. The van der Waals surface area contributed by atoms with Gasteiger partial charge in [0.25, 0.3) is 0 Å². The predicted molar refractivity (Wildman–Crippen MR) is 110 cm³/mol. The molecule has 138 valence electrons. The van der Waals surface area contributed by atoms with Crippen LogP contribution in [-0.2, 0) is 4.74 Å². The Kier molecular flexibility index (Phi) is 5.03. The molecule has 1 saturated heterocycles. The minimum Gasteiger partial charge on any atom is -0.378 e. The van der Waals surface area contributed by atoms with E-state index < -0.39 is 0 Å². The first-order valence-corrected chi connectivity index (χ1v) is 9.30. The van der Waals surface area contributed by atoms with E-state index >= 15 is 0 Å². The average molecular weight is 360 g/mol. The molecule has 5 nitrogen and oxygen atoms in total. The van der Waals surface area contributed by atoms with Gasteiger partial charge in [-0.25, -0.2) is 4.98 Å². The summed E-state index contributed by atoms with van der Waals surface area (Å²) in [5.74, 6) is 1.55. The first-order valence-electron chi connectivity index (χ1n) is 9.30. The molecule has 0 saturated carbocycles. The van der Waals surface area contributed by atoms with Crippen molar-refractivity contribution in [2.24, 2.45) is 0 Å². The van der Waals surface area contributed by atoms with Crippen LogP contribution in [-0.4, -0.2) is 36.3 Å². The Morgan fingerprint density at radius 3 is 2.44 bits per heavy atom. The van der Waals surface area contributed by atoms with Gasteiger partial charge < -0.3 is 15.0 Å². The Hall–Kier alpha value is -2.92. The van der Waals surface area contributed by atoms with Crippen molar-refractivity contribution in [2.75, 3.05) is 36.5 Å². The number of anilines is 3. The topological polar surface area (TPSA) is 50.3 Å². The number of ether oxygens (including phenoxy) is 1. The summed E-state index contributed by atoms with van der Waals surface area (Å²) in [6.07, 6.45) is 0. The molecule has 27 heavy (non-hydrogen) atoms. The van der Waals surface area contributed by atoms with Crippen LogP contribution in [0.2, 0.25) is 0 Å². The fraction of sp³-hybridized carbons (Fsp3) is 0.273. The second-order valence-corrected chi connectivity index (χ2v) is 6.85. The fourth-order valence-corrected chi connectivity index (χ4v) is 3.25. The highest BCUT2D eigenvalue weighted by Gasteiger charge is 2.16. The highest BCUT2D eigenvalue weighted by molar-refractivity contribution is 5.68. The second-order valence-electron chi connectivity index (χ2n) is 6.85. The molecule has 0 aliphatic carbocycles. The maximum Gasteiger partial charge on any atom is 0.228 e. The van der Waals surface area contributed by atoms with E-state index in [4.69, 9.17) is 14.7 Å². The van der Waals surface area contributed by atoms with Gasteiger partial charge in [-0.3, -0.25) is 0 Å². The molecule has 1 aliphatic heterocycles. The van der Waals surface area contributed by atoms with E-state index in [1.807, 2.05) is 24.3 Å². The van der Waals surface area contributed by atoms with Crippen molar-refractivity contribution in [1.29, 1.82) is 0 Å². The third kappa shape index (κ3) is 4.09. The normalized spacial score (nSPS) is 14.2. The maximum absolute atomic E-state index is 5.48. The molecule has 2 heterocycles. The molecule has 1 aliphatic rings. The van der Waals surface area contributed by atoms with E-state index in [1.165, 1.54) is 11.1 Å². The molecule has 1 fully saturated rings. The summed E-state index contributed by atoms with van der Waals surface area (Å²) in [4.78, 5) is 11.8. The molecule has 3 aromatic rings. The summed E-state index contributed by atoms with van der Waals surface area (Å²) >= 11 is 0. The number of hydrogen-bond donors (Lipinski definition) is 1. The van der Waals surface area contributed by atoms with Gasteiger partial charge in [0.05, 0.1) is 18.9 Å². The first-order chi connectivity index (χ1) is 13.2. The summed E-state index contributed by atoms with van der Waals surface area (Å²) in [6.45, 7) is 7.24. The summed E-state index contributed by atoms with van der Waals surface area (Å²) in [5, 5.41) is 3.48. The minimum atomic E-state index is 0.707. The number of aryl methyl sites for hydroxylation is 2. The number of rotatable bonds is 4. The van der Waals surface area contributed by atoms with E-state index in [-0.39, 0.29) is 0 Å². The molecule has 0 radical (unpaired) electrons. The molecule has 1 N–H and O–H groups in total. The minimum absolute atomic E-state index is 0.707. The van der Waals surface area contributed by atoms with Crippen molar-refractivity contribution in [3.63, 3.8) is 0 Å². The molecule has 1 aromatic heterocycles. The number of aromatic nitrogens is 2. The first kappa shape index (κ1) is 17.5. The van der Waals surface area contributed by atoms with Gasteiger partial charge in [-0.2, -0.15) is 4.98 Å². The number of morpholine rings is 1. The number of benzene rings is 2. The zero-order valence-corrected chi connectivity index (χ0v) is 15.8. The molecule has 5 heteroatoms. The lowest BCUT2D eigenvalue weighted by molar-refractivity contribution is 0.122.